The van der Waals surface area contributed by atoms with E-state index in [9.17, 15) is 4.79 Å². The summed E-state index contributed by atoms with van der Waals surface area (Å²) in [5.41, 5.74) is 3.64. The second-order valence-corrected chi connectivity index (χ2v) is 8.14. The van der Waals surface area contributed by atoms with Gasteiger partial charge in [0.2, 0.25) is 0 Å². The molecule has 1 amide bonds. The van der Waals surface area contributed by atoms with Gasteiger partial charge in [0.1, 0.15) is 5.75 Å². The normalized spacial score (nSPS) is 15.9. The van der Waals surface area contributed by atoms with E-state index in [-0.39, 0.29) is 18.6 Å². The Balaban J connectivity index is 1.20. The van der Waals surface area contributed by atoms with Crippen LogP contribution in [0, 0.1) is 0 Å². The molecule has 1 fully saturated rings. The van der Waals surface area contributed by atoms with Crippen molar-refractivity contribution in [3.63, 3.8) is 0 Å². The molecule has 160 valence electrons. The average molecular weight is 415 g/mol. The molecule has 1 N–H and O–H groups in total. The zero-order valence-corrected chi connectivity index (χ0v) is 18.0. The van der Waals surface area contributed by atoms with Crippen LogP contribution in [-0.2, 0) is 4.79 Å². The standard InChI is InChI=1S/C27H30N2O2/c1-21(22-8-4-2-5-9-22)29-18-16-25(17-19-29)28-27(30)20-31-26-14-12-24(13-15-26)23-10-6-3-7-11-23/h2-15,21,25H,16-20H2,1H3,(H,28,30). The van der Waals surface area contributed by atoms with Crippen LogP contribution in [0.1, 0.15) is 31.4 Å². The molecule has 0 spiro atoms. The number of nitrogens with one attached hydrogen (secondary N) is 1. The van der Waals surface area contributed by atoms with E-state index < -0.39 is 0 Å². The summed E-state index contributed by atoms with van der Waals surface area (Å²) in [6.07, 6.45) is 1.93. The number of hydrogen-bond acceptors (Lipinski definition) is 3. The minimum Gasteiger partial charge on any atom is -0.484 e. The maximum Gasteiger partial charge on any atom is 0.258 e. The van der Waals surface area contributed by atoms with Crippen molar-refractivity contribution in [2.24, 2.45) is 0 Å². The van der Waals surface area contributed by atoms with Gasteiger partial charge in [-0.15, -0.1) is 0 Å². The summed E-state index contributed by atoms with van der Waals surface area (Å²) in [6.45, 7) is 4.28. The Bertz CT molecular complexity index is 950. The van der Waals surface area contributed by atoms with E-state index in [0.717, 1.165) is 31.5 Å². The molecule has 0 radical (unpaired) electrons. The lowest BCUT2D eigenvalue weighted by molar-refractivity contribution is -0.124. The number of hydrogen-bond donors (Lipinski definition) is 1. The Hall–Kier alpha value is -3.11. The second kappa shape index (κ2) is 10.3. The number of carbonyl (C=O) groups excluding carboxylic acids is 1. The van der Waals surface area contributed by atoms with Crippen LogP contribution in [0.4, 0.5) is 0 Å². The molecule has 4 rings (SSSR count). The molecular formula is C27H30N2O2. The van der Waals surface area contributed by atoms with Gasteiger partial charge in [-0.3, -0.25) is 9.69 Å². The van der Waals surface area contributed by atoms with Crippen LogP contribution in [0.3, 0.4) is 0 Å². The van der Waals surface area contributed by atoms with Crippen LogP contribution in [-0.4, -0.2) is 36.5 Å². The van der Waals surface area contributed by atoms with Crippen LogP contribution >= 0.6 is 0 Å². The molecule has 3 aromatic rings. The third-order valence-electron chi connectivity index (χ3n) is 6.06. The molecule has 1 saturated heterocycles. The Morgan fingerprint density at radius 2 is 1.48 bits per heavy atom. The number of nitrogens with zero attached hydrogens (tertiary/aromatic N) is 1. The summed E-state index contributed by atoms with van der Waals surface area (Å²) in [5.74, 6) is 0.656. The van der Waals surface area contributed by atoms with Gasteiger partial charge in [-0.2, -0.15) is 0 Å². The van der Waals surface area contributed by atoms with Gasteiger partial charge in [0.05, 0.1) is 0 Å². The summed E-state index contributed by atoms with van der Waals surface area (Å²) < 4.78 is 5.69. The fourth-order valence-electron chi connectivity index (χ4n) is 4.17. The van der Waals surface area contributed by atoms with Gasteiger partial charge in [0.25, 0.3) is 5.91 Å². The fraction of sp³-hybridized carbons (Fsp3) is 0.296. The first kappa shape index (κ1) is 21.1. The number of likely N-dealkylation sites (tertiary alicyclic amines) is 1. The number of ether oxygens (including phenoxy) is 1. The highest BCUT2D eigenvalue weighted by Crippen LogP contribution is 2.24. The first-order valence-corrected chi connectivity index (χ1v) is 11.1. The molecule has 1 aliphatic rings. The van der Waals surface area contributed by atoms with Gasteiger partial charge >= 0.3 is 0 Å². The van der Waals surface area contributed by atoms with E-state index in [1.54, 1.807) is 0 Å². The molecule has 0 bridgehead atoms. The lowest BCUT2D eigenvalue weighted by Gasteiger charge is -2.36. The summed E-state index contributed by atoms with van der Waals surface area (Å²) in [7, 11) is 0. The smallest absolute Gasteiger partial charge is 0.258 e. The Morgan fingerprint density at radius 1 is 0.903 bits per heavy atom. The van der Waals surface area contributed by atoms with E-state index in [2.05, 4.69) is 59.6 Å². The van der Waals surface area contributed by atoms with Crippen molar-refractivity contribution in [1.29, 1.82) is 0 Å². The quantitative estimate of drug-likeness (QED) is 0.587. The van der Waals surface area contributed by atoms with E-state index in [1.165, 1.54) is 11.1 Å². The van der Waals surface area contributed by atoms with Gasteiger partial charge in [-0.1, -0.05) is 72.8 Å². The molecule has 0 aromatic heterocycles. The van der Waals surface area contributed by atoms with Crippen molar-refractivity contribution in [3.8, 4) is 16.9 Å². The fourth-order valence-corrected chi connectivity index (χ4v) is 4.17. The number of benzene rings is 3. The topological polar surface area (TPSA) is 41.6 Å². The molecular weight excluding hydrogens is 384 g/mol. The molecule has 4 nitrogen and oxygen atoms in total. The molecule has 1 heterocycles. The van der Waals surface area contributed by atoms with Gasteiger partial charge < -0.3 is 10.1 Å². The monoisotopic (exact) mass is 414 g/mol. The van der Waals surface area contributed by atoms with Crippen LogP contribution in [0.2, 0.25) is 0 Å². The van der Waals surface area contributed by atoms with Crippen molar-refractivity contribution < 1.29 is 9.53 Å². The Morgan fingerprint density at radius 3 is 2.13 bits per heavy atom. The highest BCUT2D eigenvalue weighted by molar-refractivity contribution is 5.77. The van der Waals surface area contributed by atoms with Gasteiger partial charge in [-0.05, 0) is 48.6 Å². The predicted molar refractivity (Wildman–Crippen MR) is 125 cm³/mol. The van der Waals surface area contributed by atoms with Gasteiger partial charge in [0.15, 0.2) is 6.61 Å². The maximum absolute atomic E-state index is 12.4. The number of amides is 1. The molecule has 4 heteroatoms. The first-order chi connectivity index (χ1) is 15.2. The van der Waals surface area contributed by atoms with Crippen LogP contribution < -0.4 is 10.1 Å². The highest BCUT2D eigenvalue weighted by Gasteiger charge is 2.24. The van der Waals surface area contributed by atoms with Gasteiger partial charge in [0, 0.05) is 25.2 Å². The zero-order valence-electron chi connectivity index (χ0n) is 18.0. The van der Waals surface area contributed by atoms with Crippen molar-refractivity contribution >= 4 is 5.91 Å². The van der Waals surface area contributed by atoms with Crippen LogP contribution in [0.5, 0.6) is 5.75 Å². The number of rotatable bonds is 7. The maximum atomic E-state index is 12.4. The van der Waals surface area contributed by atoms with Gasteiger partial charge in [-0.25, -0.2) is 0 Å². The Labute approximate surface area is 184 Å². The van der Waals surface area contributed by atoms with Crippen molar-refractivity contribution in [1.82, 2.24) is 10.2 Å². The lowest BCUT2D eigenvalue weighted by atomic mass is 10.00. The molecule has 1 atom stereocenters. The second-order valence-electron chi connectivity index (χ2n) is 8.14. The molecule has 0 saturated carbocycles. The third-order valence-corrected chi connectivity index (χ3v) is 6.06. The molecule has 0 aliphatic carbocycles. The third kappa shape index (κ3) is 5.74. The summed E-state index contributed by atoms with van der Waals surface area (Å²) in [6, 6.07) is 29.3. The molecule has 1 aliphatic heterocycles. The molecule has 1 unspecified atom stereocenters. The summed E-state index contributed by atoms with van der Waals surface area (Å²) >= 11 is 0. The van der Waals surface area contributed by atoms with Crippen molar-refractivity contribution in [3.05, 3.63) is 90.5 Å². The first-order valence-electron chi connectivity index (χ1n) is 11.1. The largest absolute Gasteiger partial charge is 0.484 e. The van der Waals surface area contributed by atoms with E-state index in [4.69, 9.17) is 4.74 Å². The van der Waals surface area contributed by atoms with E-state index in [1.807, 2.05) is 42.5 Å². The van der Waals surface area contributed by atoms with E-state index >= 15 is 0 Å². The molecule has 31 heavy (non-hydrogen) atoms. The van der Waals surface area contributed by atoms with Crippen LogP contribution in [0.15, 0.2) is 84.9 Å². The summed E-state index contributed by atoms with van der Waals surface area (Å²) in [5, 5.41) is 3.13. The lowest BCUT2D eigenvalue weighted by Crippen LogP contribution is -2.46. The minimum absolute atomic E-state index is 0.0469. The zero-order chi connectivity index (χ0) is 21.5. The SMILES string of the molecule is CC(c1ccccc1)N1CCC(NC(=O)COc2ccc(-c3ccccc3)cc2)CC1. The number of carbonyl (C=O) groups is 1. The van der Waals surface area contributed by atoms with Crippen molar-refractivity contribution in [2.45, 2.75) is 31.8 Å². The van der Waals surface area contributed by atoms with Crippen molar-refractivity contribution in [2.75, 3.05) is 19.7 Å². The summed E-state index contributed by atoms with van der Waals surface area (Å²) in [4.78, 5) is 14.8. The Kier molecular flexibility index (Phi) is 7.00. The van der Waals surface area contributed by atoms with E-state index in [0.29, 0.717) is 11.8 Å². The predicted octanol–water partition coefficient (Wildman–Crippen LogP) is 5.07. The molecule has 3 aromatic carbocycles. The average Bonchev–Trinajstić information content (AvgIpc) is 2.84. The minimum atomic E-state index is -0.0540. The highest BCUT2D eigenvalue weighted by atomic mass is 16.5. The number of piperidine rings is 1. The van der Waals surface area contributed by atoms with Crippen LogP contribution in [0.25, 0.3) is 11.1 Å².